The van der Waals surface area contributed by atoms with Gasteiger partial charge in [0.2, 0.25) is 5.91 Å². The van der Waals surface area contributed by atoms with E-state index >= 15 is 0 Å². The van der Waals surface area contributed by atoms with E-state index in [-0.39, 0.29) is 18.4 Å². The van der Waals surface area contributed by atoms with E-state index in [9.17, 15) is 9.59 Å². The van der Waals surface area contributed by atoms with E-state index in [0.29, 0.717) is 6.61 Å². The van der Waals surface area contributed by atoms with Gasteiger partial charge in [0.25, 0.3) is 0 Å². The fraction of sp³-hybridized carbons (Fsp3) is 0.400. The monoisotopic (exact) mass is 387 g/mol. The summed E-state index contributed by atoms with van der Waals surface area (Å²) < 4.78 is 5.50. The lowest BCUT2D eigenvalue weighted by Gasteiger charge is -2.27. The predicted molar refractivity (Wildman–Crippen MR) is 106 cm³/mol. The molecule has 3 N–H and O–H groups in total. The third-order valence-electron chi connectivity index (χ3n) is 4.73. The van der Waals surface area contributed by atoms with Gasteiger partial charge in [-0.1, -0.05) is 18.2 Å². The maximum absolute atomic E-state index is 13.0. The Morgan fingerprint density at radius 3 is 2.74 bits per heavy atom. The Hall–Kier alpha value is -2.54. The normalized spacial score (nSPS) is 17.5. The van der Waals surface area contributed by atoms with Crippen LogP contribution in [0.2, 0.25) is 0 Å². The molecule has 0 bridgehead atoms. The lowest BCUT2D eigenvalue weighted by Crippen LogP contribution is -2.38. The highest BCUT2D eigenvalue weighted by molar-refractivity contribution is 7.10. The van der Waals surface area contributed by atoms with E-state index in [2.05, 4.69) is 5.32 Å². The zero-order chi connectivity index (χ0) is 19.2. The molecule has 1 aromatic heterocycles. The number of benzene rings is 1. The summed E-state index contributed by atoms with van der Waals surface area (Å²) in [6.45, 7) is 3.31. The average Bonchev–Trinajstić information content (AvgIpc) is 3.34. The van der Waals surface area contributed by atoms with Gasteiger partial charge in [0.15, 0.2) is 0 Å². The Bertz CT molecular complexity index is 761. The molecule has 2 heterocycles. The van der Waals surface area contributed by atoms with Crippen LogP contribution in [0.15, 0.2) is 41.8 Å². The summed E-state index contributed by atoms with van der Waals surface area (Å²) in [6, 6.07) is 10.8. The van der Waals surface area contributed by atoms with Gasteiger partial charge in [-0.3, -0.25) is 4.79 Å². The summed E-state index contributed by atoms with van der Waals surface area (Å²) in [5.74, 6) is 0.860. The number of hydrogen-bond acceptors (Lipinski definition) is 4. The lowest BCUT2D eigenvalue weighted by atomic mass is 10.0. The van der Waals surface area contributed by atoms with Crippen LogP contribution in [-0.4, -0.2) is 30.0 Å². The zero-order valence-corrected chi connectivity index (χ0v) is 16.2. The fourth-order valence-corrected chi connectivity index (χ4v) is 4.32. The van der Waals surface area contributed by atoms with Crippen LogP contribution in [0.1, 0.15) is 48.7 Å². The Balaban J connectivity index is 1.71. The summed E-state index contributed by atoms with van der Waals surface area (Å²) in [6.07, 6.45) is 2.11. The number of carbonyl (C=O) groups excluding carboxylic acids is 2. The first-order valence-corrected chi connectivity index (χ1v) is 10.1. The second-order valence-corrected chi connectivity index (χ2v) is 7.51. The molecule has 0 aliphatic carbocycles. The summed E-state index contributed by atoms with van der Waals surface area (Å²) in [7, 11) is 0. The molecule has 2 aromatic rings. The summed E-state index contributed by atoms with van der Waals surface area (Å²) in [5.41, 5.74) is 6.41. The van der Waals surface area contributed by atoms with Crippen LogP contribution < -0.4 is 15.8 Å². The Morgan fingerprint density at radius 2 is 2.11 bits per heavy atom. The minimum Gasteiger partial charge on any atom is -0.494 e. The van der Waals surface area contributed by atoms with Crippen LogP contribution in [-0.2, 0) is 4.79 Å². The lowest BCUT2D eigenvalue weighted by molar-refractivity contribution is -0.132. The van der Waals surface area contributed by atoms with E-state index in [0.717, 1.165) is 35.6 Å². The standard InChI is InChI=1S/C20H25N3O3S/c1-2-26-15-9-7-14(8-10-15)17-5-3-11-23(17)19(24)13-16(22-20(21)25)18-6-4-12-27-18/h4,6-10,12,16-17H,2-3,5,11,13H2,1H3,(H3,21,22,25). The van der Waals surface area contributed by atoms with Crippen LogP contribution in [0.3, 0.4) is 0 Å². The van der Waals surface area contributed by atoms with Crippen molar-refractivity contribution in [3.8, 4) is 5.75 Å². The van der Waals surface area contributed by atoms with Gasteiger partial charge in [-0.05, 0) is 48.9 Å². The zero-order valence-electron chi connectivity index (χ0n) is 15.4. The molecule has 1 aliphatic heterocycles. The molecule has 27 heavy (non-hydrogen) atoms. The van der Waals surface area contributed by atoms with Gasteiger partial charge in [-0.2, -0.15) is 0 Å². The molecular formula is C20H25N3O3S. The van der Waals surface area contributed by atoms with Gasteiger partial charge in [0.05, 0.1) is 25.1 Å². The number of ether oxygens (including phenoxy) is 1. The molecule has 1 aromatic carbocycles. The number of urea groups is 1. The topological polar surface area (TPSA) is 84.7 Å². The number of likely N-dealkylation sites (tertiary alicyclic amines) is 1. The van der Waals surface area contributed by atoms with Crippen molar-refractivity contribution in [2.45, 2.75) is 38.3 Å². The fourth-order valence-electron chi connectivity index (χ4n) is 3.54. The van der Waals surface area contributed by atoms with Crippen LogP contribution in [0.5, 0.6) is 5.75 Å². The molecule has 1 saturated heterocycles. The van der Waals surface area contributed by atoms with E-state index in [1.165, 1.54) is 11.3 Å². The maximum atomic E-state index is 13.0. The number of hydrogen-bond donors (Lipinski definition) is 2. The van der Waals surface area contributed by atoms with Crippen LogP contribution in [0.25, 0.3) is 0 Å². The van der Waals surface area contributed by atoms with E-state index < -0.39 is 12.1 Å². The maximum Gasteiger partial charge on any atom is 0.312 e. The first-order valence-electron chi connectivity index (χ1n) is 9.20. The van der Waals surface area contributed by atoms with Gasteiger partial charge in [0, 0.05) is 11.4 Å². The third kappa shape index (κ3) is 4.80. The van der Waals surface area contributed by atoms with Crippen molar-refractivity contribution in [3.05, 3.63) is 52.2 Å². The SMILES string of the molecule is CCOc1ccc(C2CCCN2C(=O)CC(NC(N)=O)c2cccs2)cc1. The summed E-state index contributed by atoms with van der Waals surface area (Å²) in [5, 5.41) is 4.62. The van der Waals surface area contributed by atoms with Crippen LogP contribution >= 0.6 is 11.3 Å². The highest BCUT2D eigenvalue weighted by Crippen LogP contribution is 2.34. The molecule has 0 spiro atoms. The van der Waals surface area contributed by atoms with Crippen LogP contribution in [0, 0.1) is 0 Å². The van der Waals surface area contributed by atoms with Crippen molar-refractivity contribution in [1.29, 1.82) is 0 Å². The first-order chi connectivity index (χ1) is 13.1. The van der Waals surface area contributed by atoms with E-state index in [4.69, 9.17) is 10.5 Å². The second-order valence-electron chi connectivity index (χ2n) is 6.53. The van der Waals surface area contributed by atoms with Gasteiger partial charge >= 0.3 is 6.03 Å². The molecular weight excluding hydrogens is 362 g/mol. The molecule has 2 unspecified atom stereocenters. The number of amides is 3. The molecule has 0 radical (unpaired) electrons. The summed E-state index contributed by atoms with van der Waals surface area (Å²) in [4.78, 5) is 27.2. The number of nitrogens with one attached hydrogen (secondary N) is 1. The number of nitrogens with two attached hydrogens (primary N) is 1. The van der Waals surface area contributed by atoms with Crippen molar-refractivity contribution in [2.24, 2.45) is 5.73 Å². The quantitative estimate of drug-likeness (QED) is 0.761. The van der Waals surface area contributed by atoms with E-state index in [1.54, 1.807) is 0 Å². The largest absolute Gasteiger partial charge is 0.494 e. The highest BCUT2D eigenvalue weighted by atomic mass is 32.1. The Labute approximate surface area is 163 Å². The molecule has 0 saturated carbocycles. The van der Waals surface area contributed by atoms with Crippen molar-refractivity contribution in [2.75, 3.05) is 13.2 Å². The van der Waals surface area contributed by atoms with Gasteiger partial charge in [-0.15, -0.1) is 11.3 Å². The smallest absolute Gasteiger partial charge is 0.312 e. The second kappa shape index (κ2) is 8.90. The Kier molecular flexibility index (Phi) is 6.34. The van der Waals surface area contributed by atoms with Crippen molar-refractivity contribution in [1.82, 2.24) is 10.2 Å². The molecule has 2 atom stereocenters. The predicted octanol–water partition coefficient (Wildman–Crippen LogP) is 3.61. The molecule has 144 valence electrons. The number of rotatable bonds is 7. The van der Waals surface area contributed by atoms with Gasteiger partial charge in [-0.25, -0.2) is 4.79 Å². The number of carbonyl (C=O) groups is 2. The van der Waals surface area contributed by atoms with Gasteiger partial charge < -0.3 is 20.7 Å². The minimum absolute atomic E-state index is 0.0264. The van der Waals surface area contributed by atoms with Crippen molar-refractivity contribution < 1.29 is 14.3 Å². The van der Waals surface area contributed by atoms with Crippen LogP contribution in [0.4, 0.5) is 4.79 Å². The van der Waals surface area contributed by atoms with Crippen molar-refractivity contribution >= 4 is 23.3 Å². The van der Waals surface area contributed by atoms with Gasteiger partial charge in [0.1, 0.15) is 5.75 Å². The molecule has 1 aliphatic rings. The minimum atomic E-state index is -0.620. The Morgan fingerprint density at radius 1 is 1.33 bits per heavy atom. The number of nitrogens with zero attached hydrogens (tertiary/aromatic N) is 1. The third-order valence-corrected chi connectivity index (χ3v) is 5.72. The highest BCUT2D eigenvalue weighted by Gasteiger charge is 2.31. The first kappa shape index (κ1) is 19.2. The number of thiophene rings is 1. The number of primary amides is 1. The van der Waals surface area contributed by atoms with E-state index in [1.807, 2.05) is 53.6 Å². The average molecular weight is 388 g/mol. The molecule has 3 amide bonds. The molecule has 3 rings (SSSR count). The summed E-state index contributed by atoms with van der Waals surface area (Å²) >= 11 is 1.51. The van der Waals surface area contributed by atoms with Crippen molar-refractivity contribution in [3.63, 3.8) is 0 Å². The molecule has 7 heteroatoms. The molecule has 6 nitrogen and oxygen atoms in total. The molecule has 1 fully saturated rings.